The second kappa shape index (κ2) is 5.99. The predicted molar refractivity (Wildman–Crippen MR) is 66.5 cm³/mol. The Morgan fingerprint density at radius 1 is 1.19 bits per heavy atom. The molecule has 3 nitrogen and oxygen atoms in total. The first kappa shape index (κ1) is 12.3. The Morgan fingerprint density at radius 2 is 1.94 bits per heavy atom. The average Bonchev–Trinajstić information content (AvgIpc) is 2.74. The number of nitrogens with one attached hydrogen (secondary N) is 1. The van der Waals surface area contributed by atoms with Crippen molar-refractivity contribution < 1.29 is 5.11 Å². The van der Waals surface area contributed by atoms with Crippen molar-refractivity contribution in [2.24, 2.45) is 0 Å². The molecule has 0 aromatic heterocycles. The summed E-state index contributed by atoms with van der Waals surface area (Å²) < 4.78 is 0. The Labute approximate surface area is 99.2 Å². The number of aliphatic hydroxyl groups is 1. The van der Waals surface area contributed by atoms with Crippen molar-refractivity contribution in [2.45, 2.75) is 63.6 Å². The third-order valence-electron chi connectivity index (χ3n) is 4.09. The molecule has 0 aromatic rings. The smallest absolute Gasteiger partial charge is 0.0679 e. The van der Waals surface area contributed by atoms with Crippen molar-refractivity contribution in [3.63, 3.8) is 0 Å². The fourth-order valence-corrected chi connectivity index (χ4v) is 3.09. The minimum Gasteiger partial charge on any atom is -0.392 e. The molecule has 2 aliphatic rings. The van der Waals surface area contributed by atoms with Gasteiger partial charge >= 0.3 is 0 Å². The van der Waals surface area contributed by atoms with Crippen molar-refractivity contribution in [3.05, 3.63) is 0 Å². The number of hydrogen-bond donors (Lipinski definition) is 2. The van der Waals surface area contributed by atoms with E-state index in [-0.39, 0.29) is 6.10 Å². The highest BCUT2D eigenvalue weighted by Crippen LogP contribution is 2.26. The first-order chi connectivity index (χ1) is 7.79. The van der Waals surface area contributed by atoms with Crippen molar-refractivity contribution in [1.82, 2.24) is 10.2 Å². The van der Waals surface area contributed by atoms with Crippen LogP contribution in [0.3, 0.4) is 0 Å². The summed E-state index contributed by atoms with van der Waals surface area (Å²) in [6.07, 6.45) is 7.42. The summed E-state index contributed by atoms with van der Waals surface area (Å²) in [6, 6.07) is 1.50. The summed E-state index contributed by atoms with van der Waals surface area (Å²) in [6.45, 7) is 5.42. The predicted octanol–water partition coefficient (Wildman–Crippen LogP) is 1.36. The molecular formula is C13H26N2O. The minimum absolute atomic E-state index is 0.0593. The van der Waals surface area contributed by atoms with Gasteiger partial charge in [0.25, 0.3) is 0 Å². The van der Waals surface area contributed by atoms with Gasteiger partial charge in [-0.25, -0.2) is 0 Å². The Balaban J connectivity index is 1.68. The van der Waals surface area contributed by atoms with Crippen LogP contribution in [0.2, 0.25) is 0 Å². The molecule has 1 unspecified atom stereocenters. The average molecular weight is 226 g/mol. The zero-order valence-corrected chi connectivity index (χ0v) is 10.5. The number of aliphatic hydroxyl groups excluding tert-OH is 1. The molecule has 1 saturated carbocycles. The Hall–Kier alpha value is -0.120. The maximum Gasteiger partial charge on any atom is 0.0679 e. The molecule has 0 amide bonds. The van der Waals surface area contributed by atoms with Gasteiger partial charge in [-0.05, 0) is 45.1 Å². The number of nitrogens with zero attached hydrogens (tertiary/aromatic N) is 1. The van der Waals surface area contributed by atoms with E-state index in [0.717, 1.165) is 38.1 Å². The van der Waals surface area contributed by atoms with Gasteiger partial charge in [0, 0.05) is 25.2 Å². The van der Waals surface area contributed by atoms with E-state index in [1.807, 2.05) is 0 Å². The summed E-state index contributed by atoms with van der Waals surface area (Å²) in [5, 5.41) is 13.2. The zero-order valence-electron chi connectivity index (χ0n) is 10.5. The molecular weight excluding hydrogens is 200 g/mol. The number of β-amino-alcohol motifs (C(OH)–C–C–N with tert-alkyl or cyclic N) is 1. The van der Waals surface area contributed by atoms with Gasteiger partial charge in [-0.3, -0.25) is 4.90 Å². The second-order valence-electron chi connectivity index (χ2n) is 5.40. The first-order valence-corrected chi connectivity index (χ1v) is 6.95. The van der Waals surface area contributed by atoms with Gasteiger partial charge in [0.05, 0.1) is 6.10 Å². The molecule has 3 heteroatoms. The molecule has 0 aromatic carbocycles. The van der Waals surface area contributed by atoms with Crippen LogP contribution in [0.25, 0.3) is 0 Å². The highest BCUT2D eigenvalue weighted by molar-refractivity contribution is 4.86. The fraction of sp³-hybridized carbons (Fsp3) is 1.00. The Bertz CT molecular complexity index is 202. The van der Waals surface area contributed by atoms with Gasteiger partial charge < -0.3 is 10.4 Å². The number of hydrogen-bond acceptors (Lipinski definition) is 3. The Kier molecular flexibility index (Phi) is 4.62. The van der Waals surface area contributed by atoms with E-state index in [9.17, 15) is 5.11 Å². The number of likely N-dealkylation sites (tertiary alicyclic amines) is 1. The molecule has 2 N–H and O–H groups in total. The second-order valence-corrected chi connectivity index (χ2v) is 5.40. The number of rotatable bonds is 4. The molecule has 2 rings (SSSR count). The lowest BCUT2D eigenvalue weighted by atomic mass is 9.90. The van der Waals surface area contributed by atoms with Crippen molar-refractivity contribution >= 4 is 0 Å². The molecule has 1 heterocycles. The van der Waals surface area contributed by atoms with E-state index >= 15 is 0 Å². The van der Waals surface area contributed by atoms with Crippen LogP contribution in [-0.2, 0) is 0 Å². The largest absolute Gasteiger partial charge is 0.392 e. The van der Waals surface area contributed by atoms with Gasteiger partial charge in [0.2, 0.25) is 0 Å². The molecule has 0 spiro atoms. The van der Waals surface area contributed by atoms with Gasteiger partial charge in [0.1, 0.15) is 0 Å². The van der Waals surface area contributed by atoms with Crippen LogP contribution in [0, 0.1) is 0 Å². The van der Waals surface area contributed by atoms with Crippen molar-refractivity contribution in [3.8, 4) is 0 Å². The van der Waals surface area contributed by atoms with Crippen LogP contribution in [0.15, 0.2) is 0 Å². The van der Waals surface area contributed by atoms with Crippen LogP contribution < -0.4 is 5.32 Å². The third kappa shape index (κ3) is 3.19. The molecule has 1 saturated heterocycles. The van der Waals surface area contributed by atoms with Crippen molar-refractivity contribution in [2.75, 3.05) is 19.6 Å². The van der Waals surface area contributed by atoms with E-state index in [1.54, 1.807) is 0 Å². The summed E-state index contributed by atoms with van der Waals surface area (Å²) in [7, 11) is 0. The van der Waals surface area contributed by atoms with Crippen LogP contribution >= 0.6 is 0 Å². The van der Waals surface area contributed by atoms with E-state index in [4.69, 9.17) is 0 Å². The Morgan fingerprint density at radius 3 is 2.50 bits per heavy atom. The normalized spacial score (nSPS) is 36.8. The summed E-state index contributed by atoms with van der Waals surface area (Å²) in [5.74, 6) is 0. The topological polar surface area (TPSA) is 35.5 Å². The zero-order chi connectivity index (χ0) is 11.4. The van der Waals surface area contributed by atoms with Crippen molar-refractivity contribution in [1.29, 1.82) is 0 Å². The monoisotopic (exact) mass is 226 g/mol. The molecule has 0 bridgehead atoms. The maximum absolute atomic E-state index is 9.54. The molecule has 94 valence electrons. The molecule has 1 aliphatic carbocycles. The molecule has 1 aliphatic heterocycles. The van der Waals surface area contributed by atoms with Crippen LogP contribution in [-0.4, -0.2) is 47.8 Å². The van der Waals surface area contributed by atoms with Gasteiger partial charge in [-0.2, -0.15) is 0 Å². The van der Waals surface area contributed by atoms with Crippen LogP contribution in [0.1, 0.15) is 45.4 Å². The first-order valence-electron chi connectivity index (χ1n) is 6.95. The van der Waals surface area contributed by atoms with Gasteiger partial charge in [-0.15, -0.1) is 0 Å². The lowest BCUT2D eigenvalue weighted by Gasteiger charge is -2.34. The lowest BCUT2D eigenvalue weighted by Crippen LogP contribution is -2.42. The van der Waals surface area contributed by atoms with E-state index in [0.29, 0.717) is 0 Å². The standard InChI is InChI=1S/C13H26N2O/c1-2-8-14-11-3-5-12(6-4-11)15-9-7-13(16)10-15/h11-14,16H,2-10H2,1H3. The molecule has 0 radical (unpaired) electrons. The van der Waals surface area contributed by atoms with Gasteiger partial charge in [-0.1, -0.05) is 6.92 Å². The fourth-order valence-electron chi connectivity index (χ4n) is 3.09. The third-order valence-corrected chi connectivity index (χ3v) is 4.09. The summed E-state index contributed by atoms with van der Waals surface area (Å²) >= 11 is 0. The van der Waals surface area contributed by atoms with Gasteiger partial charge in [0.15, 0.2) is 0 Å². The summed E-state index contributed by atoms with van der Waals surface area (Å²) in [5.41, 5.74) is 0. The van der Waals surface area contributed by atoms with E-state index in [1.165, 1.54) is 32.1 Å². The van der Waals surface area contributed by atoms with Crippen LogP contribution in [0.4, 0.5) is 0 Å². The van der Waals surface area contributed by atoms with E-state index < -0.39 is 0 Å². The molecule has 2 fully saturated rings. The highest BCUT2D eigenvalue weighted by Gasteiger charge is 2.30. The van der Waals surface area contributed by atoms with Crippen LogP contribution in [0.5, 0.6) is 0 Å². The lowest BCUT2D eigenvalue weighted by molar-refractivity contribution is 0.135. The molecule has 16 heavy (non-hydrogen) atoms. The van der Waals surface area contributed by atoms with E-state index in [2.05, 4.69) is 17.1 Å². The highest BCUT2D eigenvalue weighted by atomic mass is 16.3. The SMILES string of the molecule is CCCNC1CCC(N2CCC(O)C2)CC1. The molecule has 1 atom stereocenters. The summed E-state index contributed by atoms with van der Waals surface area (Å²) in [4.78, 5) is 2.50. The minimum atomic E-state index is -0.0593. The maximum atomic E-state index is 9.54. The quantitative estimate of drug-likeness (QED) is 0.760.